The standard InChI is InChI=1S/C22H19NO2S/c1-14-7-3-4-8-16(14)21-13-19(17-12-11-15(2)25-22(17)24)23-18-9-5-6-10-20(18)26-21/h3-12,21H,13H2,1-2H3. The molecular weight excluding hydrogens is 342 g/mol. The molecule has 1 atom stereocenters. The van der Waals surface area contributed by atoms with Gasteiger partial charge in [-0.2, -0.15) is 0 Å². The predicted molar refractivity (Wildman–Crippen MR) is 107 cm³/mol. The molecule has 2 heterocycles. The molecular formula is C22H19NO2S. The summed E-state index contributed by atoms with van der Waals surface area (Å²) < 4.78 is 5.31. The maximum atomic E-state index is 12.4. The number of aliphatic imine (C=N–C) groups is 1. The summed E-state index contributed by atoms with van der Waals surface area (Å²) in [5, 5.41) is 0.194. The van der Waals surface area contributed by atoms with Crippen molar-refractivity contribution in [3.63, 3.8) is 0 Å². The minimum Gasteiger partial charge on any atom is -0.428 e. The number of fused-ring (bicyclic) bond motifs is 1. The first-order valence-electron chi connectivity index (χ1n) is 8.62. The van der Waals surface area contributed by atoms with Crippen LogP contribution in [0, 0.1) is 13.8 Å². The van der Waals surface area contributed by atoms with Gasteiger partial charge in [0, 0.05) is 16.6 Å². The summed E-state index contributed by atoms with van der Waals surface area (Å²) in [5.74, 6) is 0.609. The molecule has 1 aliphatic heterocycles. The third kappa shape index (κ3) is 3.25. The number of hydrogen-bond acceptors (Lipinski definition) is 4. The fourth-order valence-corrected chi connectivity index (χ4v) is 4.55. The Balaban J connectivity index is 1.86. The van der Waals surface area contributed by atoms with Crippen molar-refractivity contribution < 1.29 is 4.42 Å². The maximum absolute atomic E-state index is 12.4. The van der Waals surface area contributed by atoms with Crippen LogP contribution in [0.3, 0.4) is 0 Å². The zero-order valence-corrected chi connectivity index (χ0v) is 15.5. The molecule has 0 radical (unpaired) electrons. The summed E-state index contributed by atoms with van der Waals surface area (Å²) in [5.41, 5.74) is 4.44. The number of thioether (sulfide) groups is 1. The van der Waals surface area contributed by atoms with Crippen LogP contribution in [0.25, 0.3) is 0 Å². The normalized spacial score (nSPS) is 16.5. The van der Waals surface area contributed by atoms with E-state index >= 15 is 0 Å². The van der Waals surface area contributed by atoms with Gasteiger partial charge < -0.3 is 4.42 Å². The van der Waals surface area contributed by atoms with Gasteiger partial charge in [-0.3, -0.25) is 4.99 Å². The van der Waals surface area contributed by atoms with Crippen molar-refractivity contribution in [2.75, 3.05) is 0 Å². The Kier molecular flexibility index (Phi) is 4.51. The highest BCUT2D eigenvalue weighted by Gasteiger charge is 2.24. The van der Waals surface area contributed by atoms with E-state index in [9.17, 15) is 4.79 Å². The summed E-state index contributed by atoms with van der Waals surface area (Å²) in [6, 6.07) is 20.2. The molecule has 3 aromatic rings. The van der Waals surface area contributed by atoms with Gasteiger partial charge in [0.15, 0.2) is 0 Å². The van der Waals surface area contributed by atoms with Crippen LogP contribution in [-0.4, -0.2) is 5.71 Å². The molecule has 0 spiro atoms. The Morgan fingerprint density at radius 3 is 2.58 bits per heavy atom. The molecule has 1 aliphatic rings. The molecule has 0 fully saturated rings. The molecule has 1 unspecified atom stereocenters. The van der Waals surface area contributed by atoms with Crippen LogP contribution in [0.15, 0.2) is 79.8 Å². The fraction of sp³-hybridized carbons (Fsp3) is 0.182. The van der Waals surface area contributed by atoms with Gasteiger partial charge in [-0.15, -0.1) is 11.8 Å². The zero-order chi connectivity index (χ0) is 18.1. The summed E-state index contributed by atoms with van der Waals surface area (Å²) in [7, 11) is 0. The van der Waals surface area contributed by atoms with Gasteiger partial charge in [-0.1, -0.05) is 36.4 Å². The van der Waals surface area contributed by atoms with Crippen LogP contribution in [0.2, 0.25) is 0 Å². The lowest BCUT2D eigenvalue weighted by atomic mass is 9.99. The van der Waals surface area contributed by atoms with E-state index in [0.29, 0.717) is 17.7 Å². The molecule has 0 bridgehead atoms. The first-order chi connectivity index (χ1) is 12.6. The van der Waals surface area contributed by atoms with Gasteiger partial charge in [0.1, 0.15) is 5.76 Å². The summed E-state index contributed by atoms with van der Waals surface area (Å²) in [6.45, 7) is 3.91. The van der Waals surface area contributed by atoms with E-state index < -0.39 is 0 Å². The number of rotatable bonds is 2. The third-order valence-corrected chi connectivity index (χ3v) is 5.88. The highest BCUT2D eigenvalue weighted by atomic mass is 32.2. The highest BCUT2D eigenvalue weighted by Crippen LogP contribution is 2.45. The lowest BCUT2D eigenvalue weighted by molar-refractivity contribution is 0.478. The van der Waals surface area contributed by atoms with Crippen LogP contribution in [-0.2, 0) is 0 Å². The van der Waals surface area contributed by atoms with Crippen molar-refractivity contribution in [1.29, 1.82) is 0 Å². The average Bonchev–Trinajstić information content (AvgIpc) is 2.81. The number of benzene rings is 2. The monoisotopic (exact) mass is 361 g/mol. The summed E-state index contributed by atoms with van der Waals surface area (Å²) in [4.78, 5) is 18.4. The average molecular weight is 361 g/mol. The summed E-state index contributed by atoms with van der Waals surface area (Å²) in [6.07, 6.45) is 0.679. The number of aryl methyl sites for hydroxylation is 2. The molecule has 0 N–H and O–H groups in total. The van der Waals surface area contributed by atoms with E-state index in [1.807, 2.05) is 30.3 Å². The van der Waals surface area contributed by atoms with Crippen molar-refractivity contribution in [2.24, 2.45) is 4.99 Å². The quantitative estimate of drug-likeness (QED) is 0.595. The van der Waals surface area contributed by atoms with Crippen LogP contribution in [0.1, 0.15) is 34.1 Å². The minimum atomic E-state index is -0.323. The Morgan fingerprint density at radius 2 is 1.77 bits per heavy atom. The van der Waals surface area contributed by atoms with Crippen molar-refractivity contribution >= 4 is 23.2 Å². The third-order valence-electron chi connectivity index (χ3n) is 4.57. The number of para-hydroxylation sites is 1. The molecule has 0 amide bonds. The van der Waals surface area contributed by atoms with Gasteiger partial charge in [0.25, 0.3) is 0 Å². The Hall–Kier alpha value is -2.59. The molecule has 0 saturated carbocycles. The van der Waals surface area contributed by atoms with Crippen molar-refractivity contribution in [3.05, 3.63) is 93.5 Å². The van der Waals surface area contributed by atoms with E-state index in [4.69, 9.17) is 9.41 Å². The Labute approximate surface area is 156 Å². The second kappa shape index (κ2) is 6.96. The molecule has 2 aromatic carbocycles. The Bertz CT molecular complexity index is 1050. The lowest BCUT2D eigenvalue weighted by Gasteiger charge is -2.18. The smallest absolute Gasteiger partial charge is 0.345 e. The molecule has 0 aliphatic carbocycles. The topological polar surface area (TPSA) is 42.6 Å². The molecule has 0 saturated heterocycles. The van der Waals surface area contributed by atoms with Gasteiger partial charge in [0.2, 0.25) is 0 Å². The second-order valence-electron chi connectivity index (χ2n) is 6.44. The van der Waals surface area contributed by atoms with E-state index in [2.05, 4.69) is 37.3 Å². The minimum absolute atomic E-state index is 0.194. The molecule has 4 heteroatoms. The maximum Gasteiger partial charge on any atom is 0.345 e. The van der Waals surface area contributed by atoms with Gasteiger partial charge in [-0.05, 0) is 49.2 Å². The van der Waals surface area contributed by atoms with E-state index in [1.54, 1.807) is 18.7 Å². The molecule has 4 rings (SSSR count). The number of nitrogens with zero attached hydrogens (tertiary/aromatic N) is 1. The van der Waals surface area contributed by atoms with E-state index in [1.165, 1.54) is 11.1 Å². The van der Waals surface area contributed by atoms with Crippen molar-refractivity contribution in [2.45, 2.75) is 30.4 Å². The fourth-order valence-electron chi connectivity index (χ4n) is 3.22. The second-order valence-corrected chi connectivity index (χ2v) is 7.69. The highest BCUT2D eigenvalue weighted by molar-refractivity contribution is 7.99. The SMILES string of the molecule is Cc1ccc(C2=Nc3ccccc3SC(c3ccccc3C)C2)c(=O)o1. The molecule has 3 nitrogen and oxygen atoms in total. The molecule has 26 heavy (non-hydrogen) atoms. The summed E-state index contributed by atoms with van der Waals surface area (Å²) >= 11 is 1.81. The van der Waals surface area contributed by atoms with Gasteiger partial charge in [0.05, 0.1) is 17.0 Å². The zero-order valence-electron chi connectivity index (χ0n) is 14.7. The predicted octanol–water partition coefficient (Wildman–Crippen LogP) is 5.61. The van der Waals surface area contributed by atoms with Gasteiger partial charge in [-0.25, -0.2) is 4.79 Å². The van der Waals surface area contributed by atoms with E-state index in [0.717, 1.165) is 16.3 Å². The lowest BCUT2D eigenvalue weighted by Crippen LogP contribution is -2.16. The van der Waals surface area contributed by atoms with Crippen LogP contribution >= 0.6 is 11.8 Å². The van der Waals surface area contributed by atoms with Crippen molar-refractivity contribution in [3.8, 4) is 0 Å². The van der Waals surface area contributed by atoms with Crippen LogP contribution < -0.4 is 5.63 Å². The van der Waals surface area contributed by atoms with Gasteiger partial charge >= 0.3 is 5.63 Å². The van der Waals surface area contributed by atoms with E-state index in [-0.39, 0.29) is 10.9 Å². The first-order valence-corrected chi connectivity index (χ1v) is 9.49. The molecule has 1 aromatic heterocycles. The molecule has 130 valence electrons. The largest absolute Gasteiger partial charge is 0.428 e. The van der Waals surface area contributed by atoms with Crippen molar-refractivity contribution in [1.82, 2.24) is 0 Å². The first kappa shape index (κ1) is 16.9. The van der Waals surface area contributed by atoms with Crippen LogP contribution in [0.4, 0.5) is 5.69 Å². The Morgan fingerprint density at radius 1 is 1.00 bits per heavy atom. The van der Waals surface area contributed by atoms with Crippen LogP contribution in [0.5, 0.6) is 0 Å². The number of hydrogen-bond donors (Lipinski definition) is 0.